The summed E-state index contributed by atoms with van der Waals surface area (Å²) in [7, 11) is 0. The van der Waals surface area contributed by atoms with Crippen LogP contribution in [-0.4, -0.2) is 36.3 Å². The fraction of sp³-hybridized carbons (Fsp3) is 0.333. The molecule has 6 nitrogen and oxygen atoms in total. The van der Waals surface area contributed by atoms with Gasteiger partial charge in [0.1, 0.15) is 5.82 Å². The second kappa shape index (κ2) is 6.90. The van der Waals surface area contributed by atoms with Gasteiger partial charge in [-0.1, -0.05) is 30.3 Å². The van der Waals surface area contributed by atoms with Crippen molar-refractivity contribution in [1.82, 2.24) is 9.97 Å². The van der Waals surface area contributed by atoms with Crippen molar-refractivity contribution >= 4 is 11.8 Å². The molecule has 0 N–H and O–H groups in total. The molecule has 2 heterocycles. The van der Waals surface area contributed by atoms with Crippen molar-refractivity contribution in [2.45, 2.75) is 6.54 Å². The molecule has 6 heteroatoms. The van der Waals surface area contributed by atoms with E-state index >= 15 is 0 Å². The van der Waals surface area contributed by atoms with E-state index in [-0.39, 0.29) is 0 Å². The van der Waals surface area contributed by atoms with Crippen LogP contribution >= 0.6 is 0 Å². The third kappa shape index (κ3) is 3.82. The first-order valence-electron chi connectivity index (χ1n) is 6.99. The Kier molecular flexibility index (Phi) is 4.48. The van der Waals surface area contributed by atoms with Crippen molar-refractivity contribution < 1.29 is 4.74 Å². The van der Waals surface area contributed by atoms with Crippen LogP contribution in [-0.2, 0) is 11.3 Å². The number of hydrogen-bond acceptors (Lipinski definition) is 6. The Morgan fingerprint density at radius 2 is 1.90 bits per heavy atom. The average molecular weight is 283 g/mol. The molecule has 3 rings (SSSR count). The molecule has 0 saturated carbocycles. The van der Waals surface area contributed by atoms with Crippen molar-refractivity contribution in [3.05, 3.63) is 48.2 Å². The molecule has 1 aromatic heterocycles. The first-order valence-corrected chi connectivity index (χ1v) is 6.99. The van der Waals surface area contributed by atoms with E-state index < -0.39 is 0 Å². The Morgan fingerprint density at radius 3 is 2.71 bits per heavy atom. The maximum atomic E-state index is 5.34. The van der Waals surface area contributed by atoms with Gasteiger partial charge in [0.25, 0.3) is 5.95 Å². The summed E-state index contributed by atoms with van der Waals surface area (Å²) >= 11 is 0. The molecule has 1 aliphatic rings. The third-order valence-electron chi connectivity index (χ3n) is 3.22. The summed E-state index contributed by atoms with van der Waals surface area (Å²) in [5.74, 6) is 1.27. The standard InChI is InChI=1S/C15H17N5O/c1-2-4-13(5-3-1)12-17-19-15-16-7-6-14(18-15)20-8-10-21-11-9-20/h1-7H,8-12H2. The number of morpholine rings is 1. The van der Waals surface area contributed by atoms with Gasteiger partial charge in [-0.05, 0) is 11.6 Å². The van der Waals surface area contributed by atoms with Gasteiger partial charge in [0.05, 0.1) is 19.8 Å². The smallest absolute Gasteiger partial charge is 0.270 e. The average Bonchev–Trinajstić information content (AvgIpc) is 2.57. The lowest BCUT2D eigenvalue weighted by Crippen LogP contribution is -2.36. The van der Waals surface area contributed by atoms with E-state index in [0.29, 0.717) is 12.5 Å². The van der Waals surface area contributed by atoms with Gasteiger partial charge in [0, 0.05) is 19.3 Å². The van der Waals surface area contributed by atoms with E-state index in [0.717, 1.165) is 37.7 Å². The molecular weight excluding hydrogens is 266 g/mol. The summed E-state index contributed by atoms with van der Waals surface area (Å²) in [5, 5.41) is 8.26. The molecule has 0 unspecified atom stereocenters. The summed E-state index contributed by atoms with van der Waals surface area (Å²) in [6.07, 6.45) is 1.72. The van der Waals surface area contributed by atoms with Crippen LogP contribution in [0.3, 0.4) is 0 Å². The molecule has 0 bridgehead atoms. The molecule has 1 saturated heterocycles. The minimum Gasteiger partial charge on any atom is -0.378 e. The first kappa shape index (κ1) is 13.6. The van der Waals surface area contributed by atoms with Crippen LogP contribution < -0.4 is 4.90 Å². The van der Waals surface area contributed by atoms with Gasteiger partial charge in [-0.2, -0.15) is 10.1 Å². The van der Waals surface area contributed by atoms with Crippen LogP contribution in [0.5, 0.6) is 0 Å². The molecule has 2 aromatic rings. The molecule has 0 amide bonds. The lowest BCUT2D eigenvalue weighted by Gasteiger charge is -2.27. The highest BCUT2D eigenvalue weighted by atomic mass is 16.5. The zero-order valence-corrected chi connectivity index (χ0v) is 11.7. The molecule has 0 spiro atoms. The number of ether oxygens (including phenoxy) is 1. The molecule has 0 atom stereocenters. The monoisotopic (exact) mass is 283 g/mol. The fourth-order valence-electron chi connectivity index (χ4n) is 2.12. The van der Waals surface area contributed by atoms with Crippen molar-refractivity contribution in [1.29, 1.82) is 0 Å². The Hall–Kier alpha value is -2.34. The highest BCUT2D eigenvalue weighted by molar-refractivity contribution is 5.40. The van der Waals surface area contributed by atoms with Gasteiger partial charge in [-0.15, -0.1) is 5.11 Å². The molecule has 1 aliphatic heterocycles. The number of aromatic nitrogens is 2. The minimum absolute atomic E-state index is 0.398. The molecule has 0 aliphatic carbocycles. The van der Waals surface area contributed by atoms with E-state index in [1.165, 1.54) is 0 Å². The van der Waals surface area contributed by atoms with Crippen LogP contribution in [0.25, 0.3) is 0 Å². The lowest BCUT2D eigenvalue weighted by atomic mass is 10.2. The van der Waals surface area contributed by atoms with Gasteiger partial charge in [0.15, 0.2) is 0 Å². The van der Waals surface area contributed by atoms with Gasteiger partial charge >= 0.3 is 0 Å². The molecule has 0 radical (unpaired) electrons. The van der Waals surface area contributed by atoms with Gasteiger partial charge in [-0.25, -0.2) is 4.98 Å². The van der Waals surface area contributed by atoms with Gasteiger partial charge < -0.3 is 9.64 Å². The van der Waals surface area contributed by atoms with Crippen LogP contribution in [0.15, 0.2) is 52.8 Å². The van der Waals surface area contributed by atoms with Crippen LogP contribution in [0, 0.1) is 0 Å². The van der Waals surface area contributed by atoms with Crippen LogP contribution in [0.2, 0.25) is 0 Å². The van der Waals surface area contributed by atoms with Crippen LogP contribution in [0.4, 0.5) is 11.8 Å². The minimum atomic E-state index is 0.398. The Bertz CT molecular complexity index is 596. The van der Waals surface area contributed by atoms with E-state index in [1.807, 2.05) is 36.4 Å². The topological polar surface area (TPSA) is 63.0 Å². The second-order valence-electron chi connectivity index (χ2n) is 4.70. The summed E-state index contributed by atoms with van der Waals surface area (Å²) < 4.78 is 5.34. The Morgan fingerprint density at radius 1 is 1.10 bits per heavy atom. The van der Waals surface area contributed by atoms with Crippen molar-refractivity contribution in [3.8, 4) is 0 Å². The van der Waals surface area contributed by atoms with Crippen molar-refractivity contribution in [2.24, 2.45) is 10.2 Å². The zero-order chi connectivity index (χ0) is 14.3. The Balaban J connectivity index is 1.65. The largest absolute Gasteiger partial charge is 0.378 e. The van der Waals surface area contributed by atoms with Crippen LogP contribution in [0.1, 0.15) is 5.56 Å². The van der Waals surface area contributed by atoms with E-state index in [1.54, 1.807) is 6.20 Å². The lowest BCUT2D eigenvalue weighted by molar-refractivity contribution is 0.122. The molecular formula is C15H17N5O. The predicted octanol–water partition coefficient (Wildman–Crippen LogP) is 2.60. The number of azo groups is 1. The number of anilines is 1. The van der Waals surface area contributed by atoms with E-state index in [2.05, 4.69) is 25.1 Å². The van der Waals surface area contributed by atoms with Crippen molar-refractivity contribution in [3.63, 3.8) is 0 Å². The zero-order valence-electron chi connectivity index (χ0n) is 11.7. The summed E-state index contributed by atoms with van der Waals surface area (Å²) in [6, 6.07) is 11.9. The maximum Gasteiger partial charge on any atom is 0.270 e. The fourth-order valence-corrected chi connectivity index (χ4v) is 2.12. The summed E-state index contributed by atoms with van der Waals surface area (Å²) in [4.78, 5) is 10.7. The van der Waals surface area contributed by atoms with E-state index in [9.17, 15) is 0 Å². The predicted molar refractivity (Wildman–Crippen MR) is 79.7 cm³/mol. The van der Waals surface area contributed by atoms with Gasteiger partial charge in [0.2, 0.25) is 0 Å². The molecule has 108 valence electrons. The quantitative estimate of drug-likeness (QED) is 0.809. The molecule has 21 heavy (non-hydrogen) atoms. The van der Waals surface area contributed by atoms with Crippen molar-refractivity contribution in [2.75, 3.05) is 31.2 Å². The highest BCUT2D eigenvalue weighted by Crippen LogP contribution is 2.15. The summed E-state index contributed by atoms with van der Waals surface area (Å²) in [5.41, 5.74) is 1.12. The van der Waals surface area contributed by atoms with E-state index in [4.69, 9.17) is 4.74 Å². The number of hydrogen-bond donors (Lipinski definition) is 0. The number of rotatable bonds is 4. The highest BCUT2D eigenvalue weighted by Gasteiger charge is 2.12. The molecule has 1 fully saturated rings. The first-order chi connectivity index (χ1) is 10.4. The summed E-state index contributed by atoms with van der Waals surface area (Å²) in [6.45, 7) is 3.69. The van der Waals surface area contributed by atoms with Gasteiger partial charge in [-0.3, -0.25) is 0 Å². The Labute approximate surface area is 123 Å². The SMILES string of the molecule is c1ccc(CN=Nc2nccc(N3CCOCC3)n2)cc1. The number of nitrogens with zero attached hydrogens (tertiary/aromatic N) is 5. The number of benzene rings is 1. The third-order valence-corrected chi connectivity index (χ3v) is 3.22. The normalized spacial score (nSPS) is 15.5. The molecule has 1 aromatic carbocycles. The maximum absolute atomic E-state index is 5.34. The second-order valence-corrected chi connectivity index (χ2v) is 4.70.